The van der Waals surface area contributed by atoms with Crippen molar-refractivity contribution in [3.63, 3.8) is 0 Å². The topological polar surface area (TPSA) is 353 Å². The van der Waals surface area contributed by atoms with Crippen molar-refractivity contribution >= 4 is 47.4 Å². The second-order valence-electron chi connectivity index (χ2n) is 12.2. The number of carbonyl (C=O) groups excluding carboxylic acids is 5. The summed E-state index contributed by atoms with van der Waals surface area (Å²) in [6.07, 6.45) is 0.211. The van der Waals surface area contributed by atoms with Gasteiger partial charge in [-0.3, -0.25) is 33.6 Å². The molecule has 3 aromatic rings. The third-order valence-electron chi connectivity index (χ3n) is 7.80. The van der Waals surface area contributed by atoms with Crippen molar-refractivity contribution in [1.29, 1.82) is 0 Å². The summed E-state index contributed by atoms with van der Waals surface area (Å²) < 4.78 is 0. The van der Waals surface area contributed by atoms with Crippen LogP contribution in [0.15, 0.2) is 61.1 Å². The van der Waals surface area contributed by atoms with Crippen LogP contribution in [0.4, 0.5) is 0 Å². The molecule has 1 heterocycles. The molecular formula is C34H40N8O13. The van der Waals surface area contributed by atoms with Crippen molar-refractivity contribution in [1.82, 2.24) is 36.6 Å². The standard InChI is InChI=1S/C34H40N8O13/c35-22(12-28(46)47)30(50)37-15-27(45)39-25(13-29(48)49)33(53)40-23(9-17-1-5-20(43)6-2-17)31(51)41-24(11-19-14-36-16-38-19)32(52)42-26(34(54)55)10-18-3-7-21(44)8-4-18/h1-8,14,16,22-26,43-44H,9-13,15,35H2,(H,36,38)(H,37,50)(H,39,45)(H,40,53)(H,41,51)(H,42,52)(H,46,47)(H,48,49)(H,54,55)/t22-,23-,24-,25-,26-/m0/s1. The average molecular weight is 769 g/mol. The zero-order valence-corrected chi connectivity index (χ0v) is 28.9. The average Bonchev–Trinajstić information content (AvgIpc) is 3.63. The number of nitrogens with one attached hydrogen (secondary N) is 6. The van der Waals surface area contributed by atoms with Crippen LogP contribution in [0.2, 0.25) is 0 Å². The van der Waals surface area contributed by atoms with E-state index >= 15 is 0 Å². The van der Waals surface area contributed by atoms with Gasteiger partial charge in [-0.05, 0) is 35.4 Å². The number of carboxylic acid groups (broad SMARTS) is 3. The van der Waals surface area contributed by atoms with E-state index in [4.69, 9.17) is 10.8 Å². The van der Waals surface area contributed by atoms with Crippen molar-refractivity contribution in [2.24, 2.45) is 5.73 Å². The fraction of sp³-hybridized carbons (Fsp3) is 0.324. The van der Waals surface area contributed by atoms with Crippen molar-refractivity contribution < 1.29 is 63.9 Å². The van der Waals surface area contributed by atoms with Crippen molar-refractivity contribution in [2.75, 3.05) is 6.54 Å². The number of carboxylic acids is 3. The number of rotatable bonds is 21. The first-order valence-electron chi connectivity index (χ1n) is 16.4. The fourth-order valence-corrected chi connectivity index (χ4v) is 5.00. The predicted molar refractivity (Wildman–Crippen MR) is 187 cm³/mol. The van der Waals surface area contributed by atoms with Crippen LogP contribution in [0.5, 0.6) is 11.5 Å². The number of aromatic nitrogens is 2. The highest BCUT2D eigenvalue weighted by Gasteiger charge is 2.33. The molecule has 21 heteroatoms. The second-order valence-corrected chi connectivity index (χ2v) is 12.2. The minimum Gasteiger partial charge on any atom is -0.508 e. The van der Waals surface area contributed by atoms with E-state index in [9.17, 15) is 58.8 Å². The number of imidazole rings is 1. The van der Waals surface area contributed by atoms with Crippen LogP contribution in [-0.4, -0.2) is 120 Å². The third kappa shape index (κ3) is 14.5. The van der Waals surface area contributed by atoms with Gasteiger partial charge in [0.15, 0.2) is 0 Å². The van der Waals surface area contributed by atoms with Crippen LogP contribution in [0.3, 0.4) is 0 Å². The van der Waals surface area contributed by atoms with Gasteiger partial charge in [-0.2, -0.15) is 0 Å². The number of benzene rings is 2. The van der Waals surface area contributed by atoms with Gasteiger partial charge in [0.1, 0.15) is 35.7 Å². The smallest absolute Gasteiger partial charge is 0.326 e. The van der Waals surface area contributed by atoms with E-state index in [0.29, 0.717) is 16.8 Å². The summed E-state index contributed by atoms with van der Waals surface area (Å²) in [5, 5.41) is 58.9. The molecule has 1 aromatic heterocycles. The quantitative estimate of drug-likeness (QED) is 0.0523. The molecular weight excluding hydrogens is 728 g/mol. The Labute approximate surface area is 311 Å². The van der Waals surface area contributed by atoms with E-state index in [1.54, 1.807) is 0 Å². The zero-order chi connectivity index (χ0) is 40.7. The Bertz CT molecular complexity index is 1840. The Morgan fingerprint density at radius 1 is 0.618 bits per heavy atom. The van der Waals surface area contributed by atoms with Crippen molar-refractivity contribution in [2.45, 2.75) is 62.3 Å². The van der Waals surface area contributed by atoms with Crippen LogP contribution in [0, 0.1) is 0 Å². The van der Waals surface area contributed by atoms with Crippen molar-refractivity contribution in [3.05, 3.63) is 77.9 Å². The summed E-state index contributed by atoms with van der Waals surface area (Å²) in [5.41, 5.74) is 6.65. The molecule has 0 fully saturated rings. The second kappa shape index (κ2) is 20.3. The molecule has 294 valence electrons. The maximum atomic E-state index is 13.9. The lowest BCUT2D eigenvalue weighted by molar-refractivity contribution is -0.142. The number of nitrogens with zero attached hydrogens (tertiary/aromatic N) is 1. The molecule has 0 radical (unpaired) electrons. The fourth-order valence-electron chi connectivity index (χ4n) is 5.00. The number of hydrogen-bond donors (Lipinski definition) is 12. The van der Waals surface area contributed by atoms with Gasteiger partial charge in [0, 0.05) is 31.2 Å². The Morgan fingerprint density at radius 2 is 1.09 bits per heavy atom. The molecule has 0 bridgehead atoms. The molecule has 0 aliphatic rings. The lowest BCUT2D eigenvalue weighted by Gasteiger charge is -2.26. The van der Waals surface area contributed by atoms with E-state index in [1.165, 1.54) is 61.1 Å². The number of phenols is 2. The minimum absolute atomic E-state index is 0.0590. The minimum atomic E-state index is -1.81. The normalized spacial score (nSPS) is 13.5. The summed E-state index contributed by atoms with van der Waals surface area (Å²) in [7, 11) is 0. The van der Waals surface area contributed by atoms with Gasteiger partial charge >= 0.3 is 17.9 Å². The Kier molecular flexibility index (Phi) is 15.6. The molecule has 0 saturated heterocycles. The monoisotopic (exact) mass is 768 g/mol. The third-order valence-corrected chi connectivity index (χ3v) is 7.80. The molecule has 5 atom stereocenters. The van der Waals surface area contributed by atoms with Crippen LogP contribution < -0.4 is 32.3 Å². The Hall–Kier alpha value is -7.03. The number of H-pyrrole nitrogens is 1. The zero-order valence-electron chi connectivity index (χ0n) is 28.9. The molecule has 0 saturated carbocycles. The molecule has 0 spiro atoms. The molecule has 0 unspecified atom stereocenters. The number of carbonyl (C=O) groups is 8. The summed E-state index contributed by atoms with van der Waals surface area (Å²) in [6, 6.07) is 3.20. The highest BCUT2D eigenvalue weighted by atomic mass is 16.4. The van der Waals surface area contributed by atoms with Crippen molar-refractivity contribution in [3.8, 4) is 11.5 Å². The maximum absolute atomic E-state index is 13.9. The lowest BCUT2D eigenvalue weighted by Crippen LogP contribution is -2.59. The number of hydrogen-bond acceptors (Lipinski definition) is 12. The number of amides is 5. The highest BCUT2D eigenvalue weighted by Crippen LogP contribution is 2.14. The van der Waals surface area contributed by atoms with E-state index in [0.717, 1.165) is 0 Å². The lowest BCUT2D eigenvalue weighted by atomic mass is 10.0. The van der Waals surface area contributed by atoms with E-state index in [1.807, 2.05) is 0 Å². The maximum Gasteiger partial charge on any atom is 0.326 e. The molecule has 55 heavy (non-hydrogen) atoms. The number of phenolic OH excluding ortho intramolecular Hbond substituents is 2. The van der Waals surface area contributed by atoms with Gasteiger partial charge in [-0.1, -0.05) is 24.3 Å². The first kappa shape index (κ1) is 42.4. The summed E-state index contributed by atoms with van der Waals surface area (Å²) in [5.74, 6) is -9.67. The Morgan fingerprint density at radius 3 is 1.56 bits per heavy atom. The van der Waals surface area contributed by atoms with Gasteiger partial charge in [-0.25, -0.2) is 9.78 Å². The van der Waals surface area contributed by atoms with E-state index in [2.05, 4.69) is 36.6 Å². The molecule has 0 aliphatic carbocycles. The number of aromatic amines is 1. The van der Waals surface area contributed by atoms with Crippen LogP contribution in [0.1, 0.15) is 29.7 Å². The first-order valence-corrected chi connectivity index (χ1v) is 16.4. The largest absolute Gasteiger partial charge is 0.508 e. The molecule has 5 amide bonds. The van der Waals surface area contributed by atoms with Gasteiger partial charge in [0.2, 0.25) is 29.5 Å². The summed E-state index contributed by atoms with van der Waals surface area (Å²) >= 11 is 0. The number of nitrogens with two attached hydrogens (primary N) is 1. The highest BCUT2D eigenvalue weighted by molar-refractivity contribution is 5.97. The van der Waals surface area contributed by atoms with Crippen LogP contribution >= 0.6 is 0 Å². The SMILES string of the molecule is N[C@@H](CC(=O)O)C(=O)NCC(=O)N[C@@H](CC(=O)O)C(=O)N[C@@H](Cc1ccc(O)cc1)C(=O)N[C@@H](Cc1cnc[nH]1)C(=O)N[C@@H](Cc1ccc(O)cc1)C(=O)O. The molecule has 3 rings (SSSR count). The first-order chi connectivity index (χ1) is 26.0. The molecule has 21 nitrogen and oxygen atoms in total. The van der Waals surface area contributed by atoms with Gasteiger partial charge in [0.05, 0.1) is 31.8 Å². The van der Waals surface area contributed by atoms with Crippen LogP contribution in [-0.2, 0) is 57.6 Å². The number of aliphatic carboxylic acids is 3. The molecule has 2 aromatic carbocycles. The number of aromatic hydroxyl groups is 2. The predicted octanol–water partition coefficient (Wildman–Crippen LogP) is -2.73. The van der Waals surface area contributed by atoms with Crippen LogP contribution in [0.25, 0.3) is 0 Å². The molecule has 0 aliphatic heterocycles. The van der Waals surface area contributed by atoms with Gasteiger partial charge in [-0.15, -0.1) is 0 Å². The van der Waals surface area contributed by atoms with E-state index in [-0.39, 0.29) is 30.8 Å². The summed E-state index contributed by atoms with van der Waals surface area (Å²) in [4.78, 5) is 107. The molecule has 13 N–H and O–H groups in total. The summed E-state index contributed by atoms with van der Waals surface area (Å²) in [6.45, 7) is -0.818. The van der Waals surface area contributed by atoms with E-state index < -0.39 is 97.0 Å². The van der Waals surface area contributed by atoms with Gasteiger partial charge < -0.3 is 62.8 Å². The Balaban J connectivity index is 1.84. The van der Waals surface area contributed by atoms with Gasteiger partial charge in [0.25, 0.3) is 0 Å².